The molecule has 1 atom stereocenters. The van der Waals surface area contributed by atoms with Crippen molar-refractivity contribution >= 4 is 21.8 Å². The number of rotatable bonds is 11. The normalized spacial score (nSPS) is 12.1. The predicted molar refractivity (Wildman–Crippen MR) is 138 cm³/mol. The Kier molecular flexibility index (Phi) is 9.37. The number of hydrogen-bond acceptors (Lipinski definition) is 5. The fraction of sp³-hybridized carbons (Fsp3) is 0.259. The molecule has 10 heteroatoms. The van der Waals surface area contributed by atoms with Crippen LogP contribution < -0.4 is 10.1 Å². The molecule has 0 aliphatic heterocycles. The van der Waals surface area contributed by atoms with Gasteiger partial charge in [0.15, 0.2) is 0 Å². The number of nitrogens with zero attached hydrogens (tertiary/aromatic N) is 2. The summed E-state index contributed by atoms with van der Waals surface area (Å²) in [7, 11) is -0.786. The van der Waals surface area contributed by atoms with E-state index < -0.39 is 40.2 Å². The molecule has 0 fully saturated rings. The molecule has 0 aromatic heterocycles. The van der Waals surface area contributed by atoms with Crippen molar-refractivity contribution in [2.45, 2.75) is 19.1 Å². The number of halogens is 1. The third-order valence-electron chi connectivity index (χ3n) is 5.81. The molecule has 1 N–H and O–H groups in total. The zero-order valence-corrected chi connectivity index (χ0v) is 21.7. The molecule has 196 valence electrons. The van der Waals surface area contributed by atoms with Gasteiger partial charge in [-0.15, -0.1) is 0 Å². The van der Waals surface area contributed by atoms with Gasteiger partial charge in [0.2, 0.25) is 21.8 Å². The second-order valence-corrected chi connectivity index (χ2v) is 10.6. The van der Waals surface area contributed by atoms with Crippen LogP contribution in [0.2, 0.25) is 0 Å². The maximum Gasteiger partial charge on any atom is 0.247 e. The lowest BCUT2D eigenvalue weighted by atomic mass is 10.0. The molecule has 0 aliphatic carbocycles. The maximum atomic E-state index is 13.6. The van der Waals surface area contributed by atoms with Crippen molar-refractivity contribution in [3.8, 4) is 5.75 Å². The minimum Gasteiger partial charge on any atom is -0.497 e. The van der Waals surface area contributed by atoms with Gasteiger partial charge in [0, 0.05) is 20.1 Å². The van der Waals surface area contributed by atoms with Gasteiger partial charge in [-0.25, -0.2) is 12.8 Å². The number of sulfonamides is 1. The highest BCUT2D eigenvalue weighted by molar-refractivity contribution is 7.88. The van der Waals surface area contributed by atoms with Gasteiger partial charge in [-0.1, -0.05) is 54.6 Å². The number of carbonyl (C=O) groups is 2. The van der Waals surface area contributed by atoms with E-state index in [1.165, 1.54) is 36.2 Å². The summed E-state index contributed by atoms with van der Waals surface area (Å²) in [6.07, 6.45) is 1.00. The van der Waals surface area contributed by atoms with Gasteiger partial charge in [0.05, 0.1) is 19.9 Å². The van der Waals surface area contributed by atoms with Crippen LogP contribution in [0.4, 0.5) is 4.39 Å². The summed E-state index contributed by atoms with van der Waals surface area (Å²) < 4.78 is 43.6. The third kappa shape index (κ3) is 7.86. The molecule has 2 amide bonds. The van der Waals surface area contributed by atoms with Crippen LogP contribution in [0, 0.1) is 5.82 Å². The fourth-order valence-corrected chi connectivity index (χ4v) is 3.99. The molecular formula is C27H30FN3O5S. The second-order valence-electron chi connectivity index (χ2n) is 8.55. The first-order valence-corrected chi connectivity index (χ1v) is 13.3. The Labute approximate surface area is 216 Å². The van der Waals surface area contributed by atoms with Crippen LogP contribution in [0.5, 0.6) is 5.75 Å². The van der Waals surface area contributed by atoms with Crippen molar-refractivity contribution in [1.82, 2.24) is 14.5 Å². The van der Waals surface area contributed by atoms with E-state index in [1.54, 1.807) is 49.6 Å². The number of ether oxygens (including phenoxy) is 1. The van der Waals surface area contributed by atoms with E-state index in [2.05, 4.69) is 5.32 Å². The quantitative estimate of drug-likeness (QED) is 0.414. The van der Waals surface area contributed by atoms with Crippen LogP contribution in [0.15, 0.2) is 78.9 Å². The Morgan fingerprint density at radius 1 is 0.946 bits per heavy atom. The molecule has 0 aliphatic rings. The van der Waals surface area contributed by atoms with Gasteiger partial charge >= 0.3 is 0 Å². The van der Waals surface area contributed by atoms with Crippen LogP contribution in [0.25, 0.3) is 0 Å². The Balaban J connectivity index is 1.95. The topological polar surface area (TPSA) is 96.0 Å². The Bertz CT molecular complexity index is 1300. The maximum absolute atomic E-state index is 13.6. The van der Waals surface area contributed by atoms with Crippen molar-refractivity contribution in [3.63, 3.8) is 0 Å². The van der Waals surface area contributed by atoms with Gasteiger partial charge in [-0.2, -0.15) is 4.31 Å². The summed E-state index contributed by atoms with van der Waals surface area (Å²) in [5, 5.41) is 2.88. The molecule has 0 heterocycles. The highest BCUT2D eigenvalue weighted by atomic mass is 32.2. The molecule has 0 saturated heterocycles. The van der Waals surface area contributed by atoms with E-state index in [-0.39, 0.29) is 13.1 Å². The van der Waals surface area contributed by atoms with E-state index in [0.29, 0.717) is 16.9 Å². The van der Waals surface area contributed by atoms with Gasteiger partial charge < -0.3 is 15.0 Å². The number of likely N-dealkylation sites (N-methyl/N-ethyl adjacent to an activating group) is 1. The minimum absolute atomic E-state index is 0.0355. The van der Waals surface area contributed by atoms with Crippen molar-refractivity contribution in [3.05, 3.63) is 101 Å². The van der Waals surface area contributed by atoms with Crippen molar-refractivity contribution in [2.24, 2.45) is 0 Å². The second kappa shape index (κ2) is 12.5. The Morgan fingerprint density at radius 3 is 2.11 bits per heavy atom. The molecule has 3 rings (SSSR count). The first kappa shape index (κ1) is 27.8. The fourth-order valence-electron chi connectivity index (χ4n) is 3.65. The highest BCUT2D eigenvalue weighted by Crippen LogP contribution is 2.25. The molecule has 37 heavy (non-hydrogen) atoms. The molecule has 0 radical (unpaired) electrons. The number of methoxy groups -OCH3 is 1. The number of nitrogens with one attached hydrogen (secondary N) is 1. The first-order valence-electron chi connectivity index (χ1n) is 11.5. The molecule has 0 spiro atoms. The Hall–Kier alpha value is -3.76. The van der Waals surface area contributed by atoms with Crippen LogP contribution in [-0.4, -0.2) is 56.4 Å². The van der Waals surface area contributed by atoms with Crippen LogP contribution in [0.3, 0.4) is 0 Å². The average Bonchev–Trinajstić information content (AvgIpc) is 2.88. The lowest BCUT2D eigenvalue weighted by molar-refractivity contribution is -0.141. The van der Waals surface area contributed by atoms with Crippen LogP contribution in [0.1, 0.15) is 22.7 Å². The molecule has 0 unspecified atom stereocenters. The monoisotopic (exact) mass is 527 g/mol. The number of hydrogen-bond donors (Lipinski definition) is 1. The standard InChI is InChI=1S/C27H30FN3O5S/c1-30(37(3,34)35)19-25(32)31(18-21-9-13-23(28)14-10-21)26(22-7-5-4-6-8-22)27(33)29-17-20-11-15-24(36-2)16-12-20/h4-16,26H,17-19H2,1-3H3,(H,29,33)/t26-/m1/s1. The van der Waals surface area contributed by atoms with Crippen molar-refractivity contribution in [2.75, 3.05) is 27.0 Å². The smallest absolute Gasteiger partial charge is 0.247 e. The van der Waals surface area contributed by atoms with E-state index >= 15 is 0 Å². The minimum atomic E-state index is -3.65. The summed E-state index contributed by atoms with van der Waals surface area (Å²) in [5.74, 6) is -0.774. The summed E-state index contributed by atoms with van der Waals surface area (Å²) in [5.41, 5.74) is 1.96. The molecule has 0 bridgehead atoms. The van der Waals surface area contributed by atoms with E-state index in [9.17, 15) is 22.4 Å². The molecule has 8 nitrogen and oxygen atoms in total. The number of benzene rings is 3. The summed E-state index contributed by atoms with van der Waals surface area (Å²) in [6, 6.07) is 20.5. The van der Waals surface area contributed by atoms with Gasteiger partial charge in [0.25, 0.3) is 0 Å². The summed E-state index contributed by atoms with van der Waals surface area (Å²) in [6.45, 7) is -0.296. The van der Waals surface area contributed by atoms with E-state index in [0.717, 1.165) is 16.1 Å². The lowest BCUT2D eigenvalue weighted by Gasteiger charge is -2.32. The lowest BCUT2D eigenvalue weighted by Crippen LogP contribution is -2.47. The Morgan fingerprint density at radius 2 is 1.54 bits per heavy atom. The largest absolute Gasteiger partial charge is 0.497 e. The zero-order valence-electron chi connectivity index (χ0n) is 20.9. The van der Waals surface area contributed by atoms with Crippen LogP contribution >= 0.6 is 0 Å². The molecular weight excluding hydrogens is 497 g/mol. The zero-order chi connectivity index (χ0) is 27.0. The van der Waals surface area contributed by atoms with Gasteiger partial charge in [-0.3, -0.25) is 9.59 Å². The molecule has 0 saturated carbocycles. The average molecular weight is 528 g/mol. The van der Waals surface area contributed by atoms with Gasteiger partial charge in [0.1, 0.15) is 17.6 Å². The van der Waals surface area contributed by atoms with Crippen molar-refractivity contribution in [1.29, 1.82) is 0 Å². The summed E-state index contributed by atoms with van der Waals surface area (Å²) >= 11 is 0. The SMILES string of the molecule is COc1ccc(CNC(=O)[C@@H](c2ccccc2)N(Cc2ccc(F)cc2)C(=O)CN(C)S(C)(=O)=O)cc1. The predicted octanol–water partition coefficient (Wildman–Crippen LogP) is 3.11. The summed E-state index contributed by atoms with van der Waals surface area (Å²) in [4.78, 5) is 28.4. The van der Waals surface area contributed by atoms with Gasteiger partial charge in [-0.05, 0) is 41.0 Å². The highest BCUT2D eigenvalue weighted by Gasteiger charge is 2.32. The first-order chi connectivity index (χ1) is 17.6. The van der Waals surface area contributed by atoms with E-state index in [1.807, 2.05) is 12.1 Å². The van der Waals surface area contributed by atoms with Crippen molar-refractivity contribution < 1.29 is 27.1 Å². The number of amides is 2. The van der Waals surface area contributed by atoms with Crippen LogP contribution in [-0.2, 0) is 32.7 Å². The third-order valence-corrected chi connectivity index (χ3v) is 7.07. The van der Waals surface area contributed by atoms with E-state index in [4.69, 9.17) is 4.74 Å². The molecule has 3 aromatic rings. The number of carbonyl (C=O) groups excluding carboxylic acids is 2. The molecule has 3 aromatic carbocycles.